The fourth-order valence-electron chi connectivity index (χ4n) is 2.40. The first-order valence-electron chi connectivity index (χ1n) is 7.47. The molecule has 0 saturated carbocycles. The van der Waals surface area contributed by atoms with E-state index in [9.17, 15) is 0 Å². The highest BCUT2D eigenvalue weighted by atomic mass is 16.5. The molecule has 1 aliphatic rings. The molecular formula is C14H25N5O2. The molecule has 118 valence electrons. The number of aromatic nitrogens is 3. The lowest BCUT2D eigenvalue weighted by molar-refractivity contribution is -0.00502. The molecule has 1 unspecified atom stereocenters. The van der Waals surface area contributed by atoms with Gasteiger partial charge in [0.05, 0.1) is 12.2 Å². The topological polar surface area (TPSA) is 72.4 Å². The van der Waals surface area contributed by atoms with E-state index in [-0.39, 0.29) is 5.60 Å². The third-order valence-corrected chi connectivity index (χ3v) is 3.70. The highest BCUT2D eigenvalue weighted by Gasteiger charge is 2.32. The number of hydrogen-bond acceptors (Lipinski definition) is 7. The second-order valence-electron chi connectivity index (χ2n) is 5.52. The van der Waals surface area contributed by atoms with Crippen molar-refractivity contribution in [1.82, 2.24) is 15.0 Å². The molecule has 21 heavy (non-hydrogen) atoms. The SMILES string of the molecule is CCCOc1nc(NC)nc(N2CCCC(C)(OC)C2)n1. The van der Waals surface area contributed by atoms with E-state index in [2.05, 4.69) is 39.0 Å². The zero-order valence-corrected chi connectivity index (χ0v) is 13.3. The van der Waals surface area contributed by atoms with Crippen LogP contribution in [0, 0.1) is 0 Å². The Morgan fingerprint density at radius 2 is 2.14 bits per heavy atom. The van der Waals surface area contributed by atoms with Gasteiger partial charge in [-0.25, -0.2) is 0 Å². The number of methoxy groups -OCH3 is 1. The summed E-state index contributed by atoms with van der Waals surface area (Å²) < 4.78 is 11.2. The molecule has 0 aromatic carbocycles. The van der Waals surface area contributed by atoms with Crippen LogP contribution in [-0.2, 0) is 4.74 Å². The molecule has 0 bridgehead atoms. The van der Waals surface area contributed by atoms with E-state index in [1.165, 1.54) is 0 Å². The summed E-state index contributed by atoms with van der Waals surface area (Å²) in [5, 5.41) is 2.96. The van der Waals surface area contributed by atoms with E-state index in [1.807, 2.05) is 0 Å². The number of nitrogens with zero attached hydrogens (tertiary/aromatic N) is 4. The van der Waals surface area contributed by atoms with E-state index >= 15 is 0 Å². The number of hydrogen-bond donors (Lipinski definition) is 1. The number of anilines is 2. The molecule has 1 fully saturated rings. The highest BCUT2D eigenvalue weighted by molar-refractivity contribution is 5.39. The third-order valence-electron chi connectivity index (χ3n) is 3.70. The van der Waals surface area contributed by atoms with Crippen LogP contribution in [0.25, 0.3) is 0 Å². The summed E-state index contributed by atoms with van der Waals surface area (Å²) in [7, 11) is 3.55. The van der Waals surface area contributed by atoms with Crippen molar-refractivity contribution in [2.75, 3.05) is 44.1 Å². The van der Waals surface area contributed by atoms with Gasteiger partial charge in [0.1, 0.15) is 0 Å². The van der Waals surface area contributed by atoms with Crippen molar-refractivity contribution in [1.29, 1.82) is 0 Å². The van der Waals surface area contributed by atoms with Gasteiger partial charge in [0.15, 0.2) is 0 Å². The fourth-order valence-corrected chi connectivity index (χ4v) is 2.40. The second kappa shape index (κ2) is 6.89. The fraction of sp³-hybridized carbons (Fsp3) is 0.786. The molecule has 0 radical (unpaired) electrons. The minimum absolute atomic E-state index is 0.158. The van der Waals surface area contributed by atoms with Crippen molar-refractivity contribution in [2.24, 2.45) is 0 Å². The monoisotopic (exact) mass is 295 g/mol. The maximum atomic E-state index is 5.62. The lowest BCUT2D eigenvalue weighted by atomic mass is 9.95. The molecule has 1 saturated heterocycles. The van der Waals surface area contributed by atoms with Crippen LogP contribution in [0.1, 0.15) is 33.1 Å². The summed E-state index contributed by atoms with van der Waals surface area (Å²) in [6.07, 6.45) is 3.01. The Labute approximate surface area is 126 Å². The predicted molar refractivity (Wildman–Crippen MR) is 82.0 cm³/mol. The maximum Gasteiger partial charge on any atom is 0.323 e. The van der Waals surface area contributed by atoms with Gasteiger partial charge in [-0.05, 0) is 26.2 Å². The smallest absolute Gasteiger partial charge is 0.323 e. The molecule has 1 aliphatic heterocycles. The quantitative estimate of drug-likeness (QED) is 0.856. The largest absolute Gasteiger partial charge is 0.463 e. The van der Waals surface area contributed by atoms with Crippen LogP contribution in [-0.4, -0.2) is 54.4 Å². The first kappa shape index (κ1) is 15.8. The Bertz CT molecular complexity index is 471. The van der Waals surface area contributed by atoms with Crippen molar-refractivity contribution >= 4 is 11.9 Å². The first-order valence-corrected chi connectivity index (χ1v) is 7.47. The van der Waals surface area contributed by atoms with Crippen molar-refractivity contribution in [3.8, 4) is 6.01 Å². The molecule has 0 spiro atoms. The van der Waals surface area contributed by atoms with Crippen molar-refractivity contribution in [2.45, 2.75) is 38.7 Å². The molecule has 0 amide bonds. The predicted octanol–water partition coefficient (Wildman–Crippen LogP) is 1.71. The van der Waals surface area contributed by atoms with Crippen LogP contribution in [0.3, 0.4) is 0 Å². The van der Waals surface area contributed by atoms with Crippen molar-refractivity contribution < 1.29 is 9.47 Å². The van der Waals surface area contributed by atoms with E-state index in [1.54, 1.807) is 14.2 Å². The van der Waals surface area contributed by atoms with Gasteiger partial charge in [-0.3, -0.25) is 0 Å². The van der Waals surface area contributed by atoms with Crippen LogP contribution in [0.5, 0.6) is 6.01 Å². The zero-order chi connectivity index (χ0) is 15.3. The summed E-state index contributed by atoms with van der Waals surface area (Å²) in [6.45, 7) is 6.45. The zero-order valence-electron chi connectivity index (χ0n) is 13.3. The summed E-state index contributed by atoms with van der Waals surface area (Å²) in [5.74, 6) is 1.17. The normalized spacial score (nSPS) is 22.2. The van der Waals surface area contributed by atoms with E-state index < -0.39 is 0 Å². The third kappa shape index (κ3) is 3.93. The molecule has 1 aromatic rings. The minimum atomic E-state index is -0.158. The van der Waals surface area contributed by atoms with Gasteiger partial charge < -0.3 is 19.7 Å². The molecule has 1 aromatic heterocycles. The number of rotatable bonds is 6. The van der Waals surface area contributed by atoms with Crippen LogP contribution in [0.15, 0.2) is 0 Å². The Balaban J connectivity index is 2.21. The Morgan fingerprint density at radius 3 is 2.81 bits per heavy atom. The summed E-state index contributed by atoms with van der Waals surface area (Å²) in [4.78, 5) is 15.2. The summed E-state index contributed by atoms with van der Waals surface area (Å²) in [6, 6.07) is 0.371. The van der Waals surface area contributed by atoms with Gasteiger partial charge in [0.25, 0.3) is 0 Å². The second-order valence-corrected chi connectivity index (χ2v) is 5.52. The molecule has 2 heterocycles. The van der Waals surface area contributed by atoms with Crippen molar-refractivity contribution in [3.63, 3.8) is 0 Å². The van der Waals surface area contributed by atoms with E-state index in [4.69, 9.17) is 9.47 Å². The lowest BCUT2D eigenvalue weighted by Crippen LogP contribution is -2.48. The first-order chi connectivity index (χ1) is 10.1. The average Bonchev–Trinajstić information content (AvgIpc) is 2.52. The van der Waals surface area contributed by atoms with Gasteiger partial charge in [-0.1, -0.05) is 6.92 Å². The molecular weight excluding hydrogens is 270 g/mol. The molecule has 0 aliphatic carbocycles. The van der Waals surface area contributed by atoms with Crippen molar-refractivity contribution in [3.05, 3.63) is 0 Å². The number of piperidine rings is 1. The number of nitrogens with one attached hydrogen (secondary N) is 1. The molecule has 7 nitrogen and oxygen atoms in total. The number of ether oxygens (including phenoxy) is 2. The molecule has 7 heteroatoms. The lowest BCUT2D eigenvalue weighted by Gasteiger charge is -2.39. The van der Waals surface area contributed by atoms with E-state index in [0.717, 1.165) is 32.4 Å². The van der Waals surface area contributed by atoms with Gasteiger partial charge >= 0.3 is 6.01 Å². The van der Waals surface area contributed by atoms with E-state index in [0.29, 0.717) is 24.5 Å². The van der Waals surface area contributed by atoms with Crippen LogP contribution in [0.4, 0.5) is 11.9 Å². The maximum absolute atomic E-state index is 5.62. The summed E-state index contributed by atoms with van der Waals surface area (Å²) in [5.41, 5.74) is -0.158. The van der Waals surface area contributed by atoms with Gasteiger partial charge in [-0.2, -0.15) is 15.0 Å². The molecule has 2 rings (SSSR count). The Morgan fingerprint density at radius 1 is 1.33 bits per heavy atom. The summed E-state index contributed by atoms with van der Waals surface area (Å²) >= 11 is 0. The Kier molecular flexibility index (Phi) is 5.17. The van der Waals surface area contributed by atoms with Crippen LogP contribution < -0.4 is 15.0 Å². The molecule has 1 atom stereocenters. The van der Waals surface area contributed by atoms with Gasteiger partial charge in [-0.15, -0.1) is 0 Å². The standard InChI is InChI=1S/C14H25N5O2/c1-5-9-21-13-17-11(15-3)16-12(18-13)19-8-6-7-14(2,10-19)20-4/h5-10H2,1-4H3,(H,15,16,17,18). The van der Waals surface area contributed by atoms with Crippen LogP contribution in [0.2, 0.25) is 0 Å². The van der Waals surface area contributed by atoms with Gasteiger partial charge in [0, 0.05) is 27.2 Å². The average molecular weight is 295 g/mol. The van der Waals surface area contributed by atoms with Crippen LogP contribution >= 0.6 is 0 Å². The Hall–Kier alpha value is -1.63. The highest BCUT2D eigenvalue weighted by Crippen LogP contribution is 2.27. The van der Waals surface area contributed by atoms with Gasteiger partial charge in [0.2, 0.25) is 11.9 Å². The molecule has 1 N–H and O–H groups in total. The minimum Gasteiger partial charge on any atom is -0.463 e.